The Hall–Kier alpha value is -0.970. The first-order valence-corrected chi connectivity index (χ1v) is 6.43. The molecule has 0 aliphatic rings. The van der Waals surface area contributed by atoms with E-state index in [1.807, 2.05) is 0 Å². The Morgan fingerprint density at radius 2 is 1.95 bits per heavy atom. The highest BCUT2D eigenvalue weighted by Crippen LogP contribution is 2.33. The molecule has 0 radical (unpaired) electrons. The number of carbonyl (C=O) groups is 1. The van der Waals surface area contributed by atoms with Gasteiger partial charge in [0.2, 0.25) is 0 Å². The van der Waals surface area contributed by atoms with Crippen LogP contribution in [-0.4, -0.2) is 23.2 Å². The van der Waals surface area contributed by atoms with E-state index in [4.69, 9.17) is 33.7 Å². The van der Waals surface area contributed by atoms with Gasteiger partial charge in [-0.15, -0.1) is 0 Å². The van der Waals surface area contributed by atoms with E-state index in [1.165, 1.54) is 6.07 Å². The minimum absolute atomic E-state index is 0.285. The zero-order valence-electron chi connectivity index (χ0n) is 11.0. The fraction of sp³-hybridized carbons (Fsp3) is 0.462. The van der Waals surface area contributed by atoms with Crippen LogP contribution in [0.2, 0.25) is 10.0 Å². The predicted octanol–water partition coefficient (Wildman–Crippen LogP) is 2.63. The second-order valence-electron chi connectivity index (χ2n) is 5.34. The van der Waals surface area contributed by atoms with Crippen molar-refractivity contribution in [2.45, 2.75) is 26.4 Å². The first kappa shape index (κ1) is 16.1. The van der Waals surface area contributed by atoms with Crippen molar-refractivity contribution in [2.75, 3.05) is 6.61 Å². The van der Waals surface area contributed by atoms with Gasteiger partial charge in [-0.05, 0) is 18.2 Å². The van der Waals surface area contributed by atoms with Gasteiger partial charge in [0.1, 0.15) is 12.4 Å². The van der Waals surface area contributed by atoms with Crippen LogP contribution in [0, 0.1) is 5.41 Å². The Kier molecular flexibility index (Phi) is 4.72. The maximum absolute atomic E-state index is 11.5. The summed E-state index contributed by atoms with van der Waals surface area (Å²) in [6.45, 7) is 4.81. The zero-order chi connectivity index (χ0) is 14.8. The number of ether oxygens (including phenoxy) is 1. The van der Waals surface area contributed by atoms with Crippen LogP contribution in [0.1, 0.15) is 20.8 Å². The molecule has 1 amide bonds. The third-order valence-corrected chi connectivity index (χ3v) is 3.51. The van der Waals surface area contributed by atoms with Crippen LogP contribution in [0.15, 0.2) is 18.2 Å². The number of amides is 1. The Balaban J connectivity index is 2.92. The number of hydrogen-bond donors (Lipinski definition) is 2. The molecule has 1 aromatic carbocycles. The molecule has 0 bridgehead atoms. The molecular formula is C13H17Cl2NO3. The molecule has 3 N–H and O–H groups in total. The summed E-state index contributed by atoms with van der Waals surface area (Å²) in [5.74, 6) is -0.514. The lowest BCUT2D eigenvalue weighted by Crippen LogP contribution is -2.57. The topological polar surface area (TPSA) is 72.6 Å². The molecule has 0 aliphatic carbocycles. The highest BCUT2D eigenvalue weighted by molar-refractivity contribution is 6.35. The molecule has 0 spiro atoms. The summed E-state index contributed by atoms with van der Waals surface area (Å²) in [7, 11) is 0. The minimum Gasteiger partial charge on any atom is -0.488 e. The van der Waals surface area contributed by atoms with Gasteiger partial charge in [-0.3, -0.25) is 4.79 Å². The molecule has 0 aliphatic heterocycles. The van der Waals surface area contributed by atoms with E-state index in [-0.39, 0.29) is 6.61 Å². The summed E-state index contributed by atoms with van der Waals surface area (Å²) in [6.07, 6.45) is 0. The van der Waals surface area contributed by atoms with Gasteiger partial charge in [-0.1, -0.05) is 44.0 Å². The third kappa shape index (κ3) is 3.53. The van der Waals surface area contributed by atoms with Crippen LogP contribution in [0.3, 0.4) is 0 Å². The molecule has 0 fully saturated rings. The molecule has 4 nitrogen and oxygen atoms in total. The molecule has 1 rings (SSSR count). The second-order valence-corrected chi connectivity index (χ2v) is 6.18. The Bertz CT molecular complexity index is 485. The van der Waals surface area contributed by atoms with Gasteiger partial charge in [0, 0.05) is 10.4 Å². The predicted molar refractivity (Wildman–Crippen MR) is 75.6 cm³/mol. The van der Waals surface area contributed by atoms with Crippen LogP contribution in [-0.2, 0) is 4.79 Å². The molecule has 19 heavy (non-hydrogen) atoms. The highest BCUT2D eigenvalue weighted by atomic mass is 35.5. The number of aliphatic hydroxyl groups is 1. The largest absolute Gasteiger partial charge is 0.488 e. The van der Waals surface area contributed by atoms with Gasteiger partial charge in [-0.2, -0.15) is 0 Å². The quantitative estimate of drug-likeness (QED) is 0.898. The fourth-order valence-electron chi connectivity index (χ4n) is 1.43. The van der Waals surface area contributed by atoms with Crippen molar-refractivity contribution >= 4 is 29.1 Å². The van der Waals surface area contributed by atoms with E-state index in [0.29, 0.717) is 15.8 Å². The van der Waals surface area contributed by atoms with E-state index in [1.54, 1.807) is 32.9 Å². The maximum atomic E-state index is 11.5. The summed E-state index contributed by atoms with van der Waals surface area (Å²) in [5.41, 5.74) is 2.70. The Morgan fingerprint density at radius 1 is 1.37 bits per heavy atom. The van der Waals surface area contributed by atoms with Gasteiger partial charge in [0.15, 0.2) is 5.60 Å². The summed E-state index contributed by atoms with van der Waals surface area (Å²) in [6, 6.07) is 4.68. The number of benzene rings is 1. The normalized spacial score (nSPS) is 14.8. The monoisotopic (exact) mass is 305 g/mol. The second kappa shape index (κ2) is 5.57. The van der Waals surface area contributed by atoms with Gasteiger partial charge < -0.3 is 15.6 Å². The first-order chi connectivity index (χ1) is 8.58. The number of hydrogen-bond acceptors (Lipinski definition) is 3. The van der Waals surface area contributed by atoms with Gasteiger partial charge >= 0.3 is 0 Å². The molecule has 0 saturated carbocycles. The Morgan fingerprint density at radius 3 is 2.37 bits per heavy atom. The highest BCUT2D eigenvalue weighted by Gasteiger charge is 2.46. The number of primary amides is 1. The molecule has 0 heterocycles. The molecule has 1 aromatic rings. The molecule has 106 valence electrons. The lowest BCUT2D eigenvalue weighted by atomic mass is 9.76. The lowest BCUT2D eigenvalue weighted by molar-refractivity contribution is -0.154. The summed E-state index contributed by atoms with van der Waals surface area (Å²) in [5, 5.41) is 11.1. The molecule has 0 aromatic heterocycles. The van der Waals surface area contributed by atoms with Crippen molar-refractivity contribution in [1.29, 1.82) is 0 Å². The van der Waals surface area contributed by atoms with Crippen LogP contribution in [0.4, 0.5) is 0 Å². The van der Waals surface area contributed by atoms with Crippen molar-refractivity contribution in [3.05, 3.63) is 28.2 Å². The summed E-state index contributed by atoms with van der Waals surface area (Å²) < 4.78 is 5.40. The number of nitrogens with two attached hydrogens (primary N) is 1. The van der Waals surface area contributed by atoms with E-state index in [9.17, 15) is 9.90 Å². The van der Waals surface area contributed by atoms with Crippen molar-refractivity contribution in [3.8, 4) is 5.75 Å². The van der Waals surface area contributed by atoms with Gasteiger partial charge in [0.25, 0.3) is 5.91 Å². The van der Waals surface area contributed by atoms with Crippen LogP contribution >= 0.6 is 23.2 Å². The Labute approximate surface area is 122 Å². The molecule has 6 heteroatoms. The van der Waals surface area contributed by atoms with Crippen LogP contribution in [0.5, 0.6) is 5.75 Å². The van der Waals surface area contributed by atoms with E-state index in [2.05, 4.69) is 0 Å². The first-order valence-electron chi connectivity index (χ1n) is 5.68. The third-order valence-electron chi connectivity index (χ3n) is 2.98. The molecular weight excluding hydrogens is 289 g/mol. The standard InChI is InChI=1S/C13H17Cl2NO3/c1-12(2,3)13(18,11(16)17)7-19-10-5-4-8(14)6-9(10)15/h4-6,18H,7H2,1-3H3,(H2,16,17). The van der Waals surface area contributed by atoms with Crippen molar-refractivity contribution in [1.82, 2.24) is 0 Å². The average molecular weight is 306 g/mol. The number of rotatable bonds is 4. The van der Waals surface area contributed by atoms with Crippen LogP contribution in [0.25, 0.3) is 0 Å². The average Bonchev–Trinajstić information content (AvgIpc) is 2.25. The lowest BCUT2D eigenvalue weighted by Gasteiger charge is -2.36. The fourth-order valence-corrected chi connectivity index (χ4v) is 1.89. The molecule has 1 atom stereocenters. The van der Waals surface area contributed by atoms with Crippen molar-refractivity contribution < 1.29 is 14.6 Å². The molecule has 0 saturated heterocycles. The number of carbonyl (C=O) groups excluding carboxylic acids is 1. The zero-order valence-corrected chi connectivity index (χ0v) is 12.5. The van der Waals surface area contributed by atoms with Crippen molar-refractivity contribution in [3.63, 3.8) is 0 Å². The van der Waals surface area contributed by atoms with E-state index in [0.717, 1.165) is 0 Å². The van der Waals surface area contributed by atoms with Gasteiger partial charge in [-0.25, -0.2) is 0 Å². The van der Waals surface area contributed by atoms with E-state index >= 15 is 0 Å². The van der Waals surface area contributed by atoms with E-state index < -0.39 is 16.9 Å². The van der Waals surface area contributed by atoms with Crippen molar-refractivity contribution in [2.24, 2.45) is 11.1 Å². The summed E-state index contributed by atoms with van der Waals surface area (Å²) in [4.78, 5) is 11.5. The van der Waals surface area contributed by atoms with Gasteiger partial charge in [0.05, 0.1) is 5.02 Å². The number of halogens is 2. The smallest absolute Gasteiger partial charge is 0.253 e. The molecule has 1 unspecified atom stereocenters. The SMILES string of the molecule is CC(C)(C)C(O)(COc1ccc(Cl)cc1Cl)C(N)=O. The minimum atomic E-state index is -1.80. The summed E-state index contributed by atoms with van der Waals surface area (Å²) >= 11 is 11.7. The van der Waals surface area contributed by atoms with Crippen LogP contribution < -0.4 is 10.5 Å². The maximum Gasteiger partial charge on any atom is 0.253 e.